The number of carbonyl (C=O) groups excluding carboxylic acids is 2. The largest absolute Gasteiger partial charge is 0.459 e. The van der Waals surface area contributed by atoms with Crippen LogP contribution in [-0.2, 0) is 14.3 Å². The van der Waals surface area contributed by atoms with Gasteiger partial charge in [-0.1, -0.05) is 0 Å². The number of unbranched alkanes of at least 4 members (excludes halogenated alkanes) is 1. The molecule has 0 heterocycles. The van der Waals surface area contributed by atoms with Gasteiger partial charge in [-0.05, 0) is 67.3 Å². The Bertz CT molecular complexity index is 400. The van der Waals surface area contributed by atoms with Gasteiger partial charge in [0.2, 0.25) is 0 Å². The minimum Gasteiger partial charge on any atom is -0.459 e. The second kappa shape index (κ2) is 9.84. The van der Waals surface area contributed by atoms with Crippen LogP contribution >= 0.6 is 0 Å². The zero-order valence-corrected chi connectivity index (χ0v) is 16.1. The van der Waals surface area contributed by atoms with Gasteiger partial charge in [-0.3, -0.25) is 4.79 Å². The van der Waals surface area contributed by atoms with Gasteiger partial charge in [-0.15, -0.1) is 0 Å². The Morgan fingerprint density at radius 1 is 0.958 bits per heavy atom. The second-order valence-electron chi connectivity index (χ2n) is 7.89. The maximum absolute atomic E-state index is 12.3. The highest BCUT2D eigenvalue weighted by Gasteiger charge is 2.25. The summed E-state index contributed by atoms with van der Waals surface area (Å²) >= 11 is 0. The molecule has 1 atom stereocenters. The molecule has 0 bridgehead atoms. The van der Waals surface area contributed by atoms with Crippen molar-refractivity contribution in [3.8, 4) is 0 Å². The number of hydrogen-bond acceptors (Lipinski definition) is 6. The molecule has 0 aliphatic heterocycles. The highest BCUT2D eigenvalue weighted by Crippen LogP contribution is 2.13. The summed E-state index contributed by atoms with van der Waals surface area (Å²) in [7, 11) is 0. The number of esters is 1. The van der Waals surface area contributed by atoms with Gasteiger partial charge in [0.15, 0.2) is 0 Å². The van der Waals surface area contributed by atoms with Crippen LogP contribution < -0.4 is 11.5 Å². The fourth-order valence-corrected chi connectivity index (χ4v) is 1.86. The van der Waals surface area contributed by atoms with Crippen molar-refractivity contribution >= 4 is 12.1 Å². The number of rotatable bonds is 8. The second-order valence-corrected chi connectivity index (χ2v) is 7.89. The van der Waals surface area contributed by atoms with E-state index in [1.54, 1.807) is 25.7 Å². The Kier molecular flexibility index (Phi) is 9.29. The number of amides is 1. The summed E-state index contributed by atoms with van der Waals surface area (Å²) in [6.45, 7) is 12.2. The van der Waals surface area contributed by atoms with Crippen LogP contribution in [0.25, 0.3) is 0 Å². The molecule has 0 aromatic rings. The average Bonchev–Trinajstić information content (AvgIpc) is 2.38. The summed E-state index contributed by atoms with van der Waals surface area (Å²) in [6.07, 6.45) is 1.50. The zero-order valence-electron chi connectivity index (χ0n) is 16.1. The third-order valence-corrected chi connectivity index (χ3v) is 2.95. The zero-order chi connectivity index (χ0) is 19.0. The standard InChI is InChI=1S/C17H35N3O4/c1-16(2,3)23-14(21)13(19)9-12-20(11-8-7-10-18)15(22)24-17(4,5)6/h13H,7-12,18-19H2,1-6H3. The minimum atomic E-state index is -0.774. The van der Waals surface area contributed by atoms with Crippen LogP contribution in [0.15, 0.2) is 0 Å². The lowest BCUT2D eigenvalue weighted by Gasteiger charge is -2.28. The first-order chi connectivity index (χ1) is 10.9. The van der Waals surface area contributed by atoms with Crippen molar-refractivity contribution in [2.45, 2.75) is 78.0 Å². The van der Waals surface area contributed by atoms with Crippen molar-refractivity contribution in [1.29, 1.82) is 0 Å². The van der Waals surface area contributed by atoms with Gasteiger partial charge < -0.3 is 25.8 Å². The van der Waals surface area contributed by atoms with Gasteiger partial charge in [-0.2, -0.15) is 0 Å². The lowest BCUT2D eigenvalue weighted by atomic mass is 10.1. The van der Waals surface area contributed by atoms with Crippen molar-refractivity contribution in [3.05, 3.63) is 0 Å². The fourth-order valence-electron chi connectivity index (χ4n) is 1.86. The highest BCUT2D eigenvalue weighted by atomic mass is 16.6. The van der Waals surface area contributed by atoms with E-state index in [1.165, 1.54) is 0 Å². The average molecular weight is 345 g/mol. The van der Waals surface area contributed by atoms with Crippen LogP contribution in [0.2, 0.25) is 0 Å². The summed E-state index contributed by atoms with van der Waals surface area (Å²) in [4.78, 5) is 25.8. The van der Waals surface area contributed by atoms with Gasteiger partial charge in [0.25, 0.3) is 0 Å². The van der Waals surface area contributed by atoms with Crippen molar-refractivity contribution in [3.63, 3.8) is 0 Å². The molecule has 0 aliphatic carbocycles. The summed E-state index contributed by atoms with van der Waals surface area (Å²) < 4.78 is 10.7. The Morgan fingerprint density at radius 2 is 1.50 bits per heavy atom. The van der Waals surface area contributed by atoms with Gasteiger partial charge in [-0.25, -0.2) is 4.79 Å². The predicted molar refractivity (Wildman–Crippen MR) is 94.5 cm³/mol. The van der Waals surface area contributed by atoms with Crippen LogP contribution in [0, 0.1) is 0 Å². The van der Waals surface area contributed by atoms with Crippen LogP contribution in [0.5, 0.6) is 0 Å². The quantitative estimate of drug-likeness (QED) is 0.515. The fraction of sp³-hybridized carbons (Fsp3) is 0.882. The third-order valence-electron chi connectivity index (χ3n) is 2.95. The first kappa shape index (κ1) is 22.7. The van der Waals surface area contributed by atoms with Crippen LogP contribution in [0.1, 0.15) is 60.8 Å². The Hall–Kier alpha value is -1.34. The molecule has 1 amide bonds. The molecule has 0 saturated carbocycles. The molecule has 0 saturated heterocycles. The predicted octanol–water partition coefficient (Wildman–Crippen LogP) is 2.02. The molecule has 0 aromatic heterocycles. The van der Waals surface area contributed by atoms with Crippen molar-refractivity contribution in [2.75, 3.05) is 19.6 Å². The summed E-state index contributed by atoms with van der Waals surface area (Å²) in [6, 6.07) is -0.774. The lowest BCUT2D eigenvalue weighted by molar-refractivity contribution is -0.156. The third kappa shape index (κ3) is 11.2. The Labute approximate surface area is 146 Å². The van der Waals surface area contributed by atoms with E-state index in [2.05, 4.69) is 0 Å². The molecule has 0 fully saturated rings. The van der Waals surface area contributed by atoms with Gasteiger partial charge in [0, 0.05) is 13.1 Å². The number of nitrogens with zero attached hydrogens (tertiary/aromatic N) is 1. The first-order valence-electron chi connectivity index (χ1n) is 8.52. The topological polar surface area (TPSA) is 108 Å². The van der Waals surface area contributed by atoms with Crippen LogP contribution in [-0.4, -0.2) is 53.8 Å². The van der Waals surface area contributed by atoms with E-state index in [0.717, 1.165) is 12.8 Å². The van der Waals surface area contributed by atoms with E-state index in [-0.39, 0.29) is 0 Å². The first-order valence-corrected chi connectivity index (χ1v) is 8.52. The molecule has 0 aliphatic rings. The Morgan fingerprint density at radius 3 is 1.96 bits per heavy atom. The van der Waals surface area contributed by atoms with E-state index >= 15 is 0 Å². The Balaban J connectivity index is 4.63. The van der Waals surface area contributed by atoms with Crippen LogP contribution in [0.3, 0.4) is 0 Å². The minimum absolute atomic E-state index is 0.316. The van der Waals surface area contributed by atoms with E-state index in [4.69, 9.17) is 20.9 Å². The summed E-state index contributed by atoms with van der Waals surface area (Å²) in [5, 5.41) is 0. The van der Waals surface area contributed by atoms with Crippen molar-refractivity contribution < 1.29 is 19.1 Å². The molecule has 24 heavy (non-hydrogen) atoms. The molecule has 7 nitrogen and oxygen atoms in total. The molecular formula is C17H35N3O4. The number of hydrogen-bond donors (Lipinski definition) is 2. The lowest BCUT2D eigenvalue weighted by Crippen LogP contribution is -2.43. The molecule has 0 spiro atoms. The molecule has 0 radical (unpaired) electrons. The highest BCUT2D eigenvalue weighted by molar-refractivity contribution is 5.76. The van der Waals surface area contributed by atoms with Gasteiger partial charge in [0.05, 0.1) is 0 Å². The number of nitrogens with two attached hydrogens (primary N) is 2. The molecule has 1 unspecified atom stereocenters. The normalized spacial score (nSPS) is 13.3. The van der Waals surface area contributed by atoms with Crippen molar-refractivity contribution in [2.24, 2.45) is 11.5 Å². The summed E-state index contributed by atoms with van der Waals surface area (Å²) in [5.74, 6) is -0.464. The summed E-state index contributed by atoms with van der Waals surface area (Å²) in [5.41, 5.74) is 10.2. The van der Waals surface area contributed by atoms with Gasteiger partial charge >= 0.3 is 12.1 Å². The molecule has 142 valence electrons. The van der Waals surface area contributed by atoms with E-state index < -0.39 is 29.3 Å². The molecule has 0 rings (SSSR count). The molecule has 0 aromatic carbocycles. The molecular weight excluding hydrogens is 310 g/mol. The maximum Gasteiger partial charge on any atom is 0.410 e. The van der Waals surface area contributed by atoms with E-state index in [1.807, 2.05) is 20.8 Å². The monoisotopic (exact) mass is 345 g/mol. The number of carbonyl (C=O) groups is 2. The van der Waals surface area contributed by atoms with Gasteiger partial charge in [0.1, 0.15) is 17.2 Å². The van der Waals surface area contributed by atoms with Crippen LogP contribution in [0.4, 0.5) is 4.79 Å². The van der Waals surface area contributed by atoms with E-state index in [0.29, 0.717) is 26.1 Å². The SMILES string of the molecule is CC(C)(C)OC(=O)C(N)CCN(CCCCN)C(=O)OC(C)(C)C. The molecule has 7 heteroatoms. The van der Waals surface area contributed by atoms with E-state index in [9.17, 15) is 9.59 Å². The van der Waals surface area contributed by atoms with Crippen molar-refractivity contribution in [1.82, 2.24) is 4.90 Å². The number of ether oxygens (including phenoxy) is 2. The smallest absolute Gasteiger partial charge is 0.410 e. The molecule has 4 N–H and O–H groups in total. The maximum atomic E-state index is 12.3.